The molecule has 0 unspecified atom stereocenters. The van der Waals surface area contributed by atoms with Gasteiger partial charge in [0.1, 0.15) is 17.5 Å². The number of aromatic nitrogens is 2. The van der Waals surface area contributed by atoms with Crippen molar-refractivity contribution in [2.45, 2.75) is 19.4 Å². The lowest BCUT2D eigenvalue weighted by atomic mass is 10.1. The minimum absolute atomic E-state index is 0.0999. The predicted octanol–water partition coefficient (Wildman–Crippen LogP) is 2.62. The first-order valence-electron chi connectivity index (χ1n) is 5.46. The van der Waals surface area contributed by atoms with E-state index in [0.717, 1.165) is 18.2 Å². The average Bonchev–Trinajstić information content (AvgIpc) is 2.31. The molecule has 0 aliphatic carbocycles. The molecule has 0 saturated heterocycles. The Hall–Kier alpha value is -1.88. The number of rotatable bonds is 2. The van der Waals surface area contributed by atoms with E-state index in [0.29, 0.717) is 11.5 Å². The Balaban J connectivity index is 2.55. The van der Waals surface area contributed by atoms with Crippen LogP contribution in [-0.2, 0) is 5.54 Å². The van der Waals surface area contributed by atoms with E-state index in [1.165, 1.54) is 12.3 Å². The first kappa shape index (κ1) is 12.6. The molecule has 2 N–H and O–H groups in total. The normalized spacial score (nSPS) is 11.6. The van der Waals surface area contributed by atoms with Crippen LogP contribution in [-0.4, -0.2) is 9.97 Å². The number of hydrogen-bond acceptors (Lipinski definition) is 3. The molecule has 18 heavy (non-hydrogen) atoms. The fourth-order valence-electron chi connectivity index (χ4n) is 1.51. The highest BCUT2D eigenvalue weighted by Gasteiger charge is 2.19. The van der Waals surface area contributed by atoms with E-state index in [4.69, 9.17) is 5.73 Å². The molecule has 0 spiro atoms. The van der Waals surface area contributed by atoms with Crippen molar-refractivity contribution in [2.24, 2.45) is 5.73 Å². The highest BCUT2D eigenvalue weighted by molar-refractivity contribution is 5.59. The van der Waals surface area contributed by atoms with E-state index in [1.807, 2.05) is 0 Å². The van der Waals surface area contributed by atoms with E-state index >= 15 is 0 Å². The van der Waals surface area contributed by atoms with Gasteiger partial charge in [0, 0.05) is 11.8 Å². The third-order valence-corrected chi connectivity index (χ3v) is 2.44. The zero-order valence-corrected chi connectivity index (χ0v) is 10.1. The minimum atomic E-state index is -0.736. The summed E-state index contributed by atoms with van der Waals surface area (Å²) in [5.74, 6) is -0.668. The molecule has 5 heteroatoms. The van der Waals surface area contributed by atoms with Gasteiger partial charge in [-0.25, -0.2) is 18.7 Å². The molecular formula is C13H13F2N3. The number of nitrogens with two attached hydrogens (primary N) is 1. The van der Waals surface area contributed by atoms with Crippen LogP contribution in [0.15, 0.2) is 30.5 Å². The van der Waals surface area contributed by atoms with Crippen molar-refractivity contribution < 1.29 is 8.78 Å². The number of nitrogens with zero attached hydrogens (tertiary/aromatic N) is 2. The standard InChI is InChI=1S/C13H13F2N3/c1-13(2,16)12-17-6-5-11(18-12)9-7-8(14)3-4-10(9)15/h3-7H,16H2,1-2H3. The zero-order chi connectivity index (χ0) is 13.3. The Morgan fingerprint density at radius 1 is 1.17 bits per heavy atom. The highest BCUT2D eigenvalue weighted by Crippen LogP contribution is 2.23. The average molecular weight is 249 g/mol. The van der Waals surface area contributed by atoms with E-state index in [-0.39, 0.29) is 5.56 Å². The van der Waals surface area contributed by atoms with Crippen molar-refractivity contribution in [2.75, 3.05) is 0 Å². The largest absolute Gasteiger partial charge is 0.319 e. The maximum atomic E-state index is 13.6. The van der Waals surface area contributed by atoms with Gasteiger partial charge in [0.15, 0.2) is 0 Å². The lowest BCUT2D eigenvalue weighted by molar-refractivity contribution is 0.514. The first-order chi connectivity index (χ1) is 8.38. The fraction of sp³-hybridized carbons (Fsp3) is 0.231. The molecule has 0 radical (unpaired) electrons. The zero-order valence-electron chi connectivity index (χ0n) is 10.1. The van der Waals surface area contributed by atoms with Crippen LogP contribution in [0.4, 0.5) is 8.78 Å². The molecule has 0 amide bonds. The van der Waals surface area contributed by atoms with Gasteiger partial charge in [-0.05, 0) is 38.1 Å². The van der Waals surface area contributed by atoms with E-state index in [9.17, 15) is 8.78 Å². The number of hydrogen-bond donors (Lipinski definition) is 1. The van der Waals surface area contributed by atoms with E-state index in [2.05, 4.69) is 9.97 Å². The van der Waals surface area contributed by atoms with Gasteiger partial charge >= 0.3 is 0 Å². The molecule has 0 atom stereocenters. The van der Waals surface area contributed by atoms with Crippen LogP contribution < -0.4 is 5.73 Å². The molecule has 2 rings (SSSR count). The van der Waals surface area contributed by atoms with Crippen molar-refractivity contribution in [1.82, 2.24) is 9.97 Å². The van der Waals surface area contributed by atoms with Crippen molar-refractivity contribution in [3.05, 3.63) is 47.9 Å². The third-order valence-electron chi connectivity index (χ3n) is 2.44. The molecule has 2 aromatic rings. The lowest BCUT2D eigenvalue weighted by Crippen LogP contribution is -2.31. The Morgan fingerprint density at radius 3 is 2.56 bits per heavy atom. The smallest absolute Gasteiger partial charge is 0.148 e. The van der Waals surface area contributed by atoms with Gasteiger partial charge in [0.05, 0.1) is 11.2 Å². The second kappa shape index (κ2) is 4.42. The lowest BCUT2D eigenvalue weighted by Gasteiger charge is -2.17. The summed E-state index contributed by atoms with van der Waals surface area (Å²) < 4.78 is 26.8. The Morgan fingerprint density at radius 2 is 1.89 bits per heavy atom. The van der Waals surface area contributed by atoms with Crippen LogP contribution in [0.25, 0.3) is 11.3 Å². The van der Waals surface area contributed by atoms with Crippen LogP contribution in [0.1, 0.15) is 19.7 Å². The van der Waals surface area contributed by atoms with Gasteiger partial charge in [-0.3, -0.25) is 0 Å². The van der Waals surface area contributed by atoms with Crippen molar-refractivity contribution in [1.29, 1.82) is 0 Å². The Labute approximate surface area is 104 Å². The third kappa shape index (κ3) is 2.51. The van der Waals surface area contributed by atoms with Crippen LogP contribution in [0, 0.1) is 11.6 Å². The molecule has 0 saturated carbocycles. The summed E-state index contributed by atoms with van der Waals surface area (Å²) in [7, 11) is 0. The first-order valence-corrected chi connectivity index (χ1v) is 5.46. The number of halogens is 2. The van der Waals surface area contributed by atoms with E-state index in [1.54, 1.807) is 13.8 Å². The maximum absolute atomic E-state index is 13.6. The maximum Gasteiger partial charge on any atom is 0.148 e. The van der Waals surface area contributed by atoms with Gasteiger partial charge in [-0.2, -0.15) is 0 Å². The molecule has 94 valence electrons. The minimum Gasteiger partial charge on any atom is -0.319 e. The van der Waals surface area contributed by atoms with Gasteiger partial charge in [-0.15, -0.1) is 0 Å². The molecule has 0 aliphatic rings. The quantitative estimate of drug-likeness (QED) is 0.890. The highest BCUT2D eigenvalue weighted by atomic mass is 19.1. The van der Waals surface area contributed by atoms with E-state index < -0.39 is 17.2 Å². The fourth-order valence-corrected chi connectivity index (χ4v) is 1.51. The molecule has 0 bridgehead atoms. The molecule has 1 heterocycles. The monoisotopic (exact) mass is 249 g/mol. The summed E-state index contributed by atoms with van der Waals surface area (Å²) in [6.07, 6.45) is 1.48. The van der Waals surface area contributed by atoms with Crippen LogP contribution >= 0.6 is 0 Å². The topological polar surface area (TPSA) is 51.8 Å². The summed E-state index contributed by atoms with van der Waals surface area (Å²) >= 11 is 0. The molecule has 1 aromatic carbocycles. The molecule has 0 aliphatic heterocycles. The van der Waals surface area contributed by atoms with Gasteiger partial charge in [0.25, 0.3) is 0 Å². The summed E-state index contributed by atoms with van der Waals surface area (Å²) in [6, 6.07) is 4.76. The second-order valence-electron chi connectivity index (χ2n) is 4.61. The van der Waals surface area contributed by atoms with Gasteiger partial charge in [0.2, 0.25) is 0 Å². The van der Waals surface area contributed by atoms with Gasteiger partial charge < -0.3 is 5.73 Å². The summed E-state index contributed by atoms with van der Waals surface area (Å²) in [6.45, 7) is 3.49. The van der Waals surface area contributed by atoms with Crippen LogP contribution in [0.5, 0.6) is 0 Å². The summed E-state index contributed by atoms with van der Waals surface area (Å²) in [5.41, 5.74) is 5.56. The number of benzene rings is 1. The Kier molecular flexibility index (Phi) is 3.09. The SMILES string of the molecule is CC(C)(N)c1nccc(-c2cc(F)ccc2F)n1. The molecular weight excluding hydrogens is 236 g/mol. The summed E-state index contributed by atoms with van der Waals surface area (Å²) in [4.78, 5) is 8.21. The Bertz CT molecular complexity index is 577. The van der Waals surface area contributed by atoms with Crippen molar-refractivity contribution in [3.8, 4) is 11.3 Å². The van der Waals surface area contributed by atoms with Gasteiger partial charge in [-0.1, -0.05) is 0 Å². The van der Waals surface area contributed by atoms with Crippen LogP contribution in [0.3, 0.4) is 0 Å². The van der Waals surface area contributed by atoms with Crippen molar-refractivity contribution in [3.63, 3.8) is 0 Å². The molecule has 1 aromatic heterocycles. The van der Waals surface area contributed by atoms with Crippen molar-refractivity contribution >= 4 is 0 Å². The second-order valence-corrected chi connectivity index (χ2v) is 4.61. The van der Waals surface area contributed by atoms with Crippen LogP contribution in [0.2, 0.25) is 0 Å². The predicted molar refractivity (Wildman–Crippen MR) is 64.6 cm³/mol. The summed E-state index contributed by atoms with van der Waals surface area (Å²) in [5, 5.41) is 0. The molecule has 3 nitrogen and oxygen atoms in total. The molecule has 0 fully saturated rings.